The van der Waals surface area contributed by atoms with E-state index in [1.807, 2.05) is 19.0 Å². The van der Waals surface area contributed by atoms with Crippen molar-refractivity contribution in [2.45, 2.75) is 6.42 Å². The smallest absolute Gasteiger partial charge is 0.165 e. The highest BCUT2D eigenvalue weighted by atomic mass is 19.1. The molecule has 0 unspecified atom stereocenters. The lowest BCUT2D eigenvalue weighted by atomic mass is 10.3. The maximum atomic E-state index is 13.2. The lowest BCUT2D eigenvalue weighted by Gasteiger charge is -2.18. The Hall–Kier alpha value is -1.16. The van der Waals surface area contributed by atoms with Crippen LogP contribution in [0.4, 0.5) is 10.2 Å². The summed E-state index contributed by atoms with van der Waals surface area (Å²) in [6.07, 6.45) is 2.58. The van der Waals surface area contributed by atoms with Gasteiger partial charge in [0.25, 0.3) is 0 Å². The highest BCUT2D eigenvalue weighted by molar-refractivity contribution is 5.38. The van der Waals surface area contributed by atoms with Gasteiger partial charge in [0.15, 0.2) is 11.6 Å². The van der Waals surface area contributed by atoms with Gasteiger partial charge in [-0.05, 0) is 32.1 Å². The second-order valence-corrected chi connectivity index (χ2v) is 3.19. The first-order valence-electron chi connectivity index (χ1n) is 4.72. The molecule has 0 saturated heterocycles. The van der Waals surface area contributed by atoms with Crippen molar-refractivity contribution < 1.29 is 4.39 Å². The fraction of sp³-hybridized carbons (Fsp3) is 0.500. The number of pyridine rings is 1. The Morgan fingerprint density at radius 3 is 3.00 bits per heavy atom. The van der Waals surface area contributed by atoms with Gasteiger partial charge in [0.2, 0.25) is 0 Å². The van der Waals surface area contributed by atoms with E-state index in [-0.39, 0.29) is 5.82 Å². The summed E-state index contributed by atoms with van der Waals surface area (Å²) in [4.78, 5) is 5.81. The highest BCUT2D eigenvalue weighted by Crippen LogP contribution is 2.12. The zero-order valence-corrected chi connectivity index (χ0v) is 8.63. The van der Waals surface area contributed by atoms with Crippen molar-refractivity contribution in [1.82, 2.24) is 10.3 Å². The third-order valence-corrected chi connectivity index (χ3v) is 2.02. The topological polar surface area (TPSA) is 28.2 Å². The molecule has 0 aromatic carbocycles. The lowest BCUT2D eigenvalue weighted by molar-refractivity contribution is 0.610. The van der Waals surface area contributed by atoms with Gasteiger partial charge in [-0.1, -0.05) is 0 Å². The van der Waals surface area contributed by atoms with Crippen molar-refractivity contribution in [3.05, 3.63) is 24.1 Å². The minimum absolute atomic E-state index is 0.264. The van der Waals surface area contributed by atoms with E-state index in [4.69, 9.17) is 0 Å². The number of hydrogen-bond donors (Lipinski definition) is 1. The van der Waals surface area contributed by atoms with Gasteiger partial charge in [0, 0.05) is 19.8 Å². The van der Waals surface area contributed by atoms with Crippen LogP contribution in [0.3, 0.4) is 0 Å². The summed E-state index contributed by atoms with van der Waals surface area (Å²) >= 11 is 0. The molecule has 0 bridgehead atoms. The molecule has 0 amide bonds. The summed E-state index contributed by atoms with van der Waals surface area (Å²) in [7, 11) is 3.75. The normalized spacial score (nSPS) is 10.2. The van der Waals surface area contributed by atoms with E-state index in [1.165, 1.54) is 6.07 Å². The number of halogens is 1. The van der Waals surface area contributed by atoms with Gasteiger partial charge in [-0.2, -0.15) is 0 Å². The quantitative estimate of drug-likeness (QED) is 0.720. The summed E-state index contributed by atoms with van der Waals surface area (Å²) in [5.41, 5.74) is 0. The van der Waals surface area contributed by atoms with Gasteiger partial charge >= 0.3 is 0 Å². The minimum atomic E-state index is -0.264. The SMILES string of the molecule is CNCCCN(C)c1ncccc1F. The van der Waals surface area contributed by atoms with Crippen LogP contribution in [0.5, 0.6) is 0 Å². The summed E-state index contributed by atoms with van der Waals surface area (Å²) in [5, 5.41) is 3.05. The van der Waals surface area contributed by atoms with E-state index in [0.717, 1.165) is 19.5 Å². The summed E-state index contributed by atoms with van der Waals surface area (Å²) < 4.78 is 13.2. The molecule has 1 N–H and O–H groups in total. The van der Waals surface area contributed by atoms with Crippen molar-refractivity contribution in [1.29, 1.82) is 0 Å². The molecule has 0 aliphatic heterocycles. The Labute approximate surface area is 84.0 Å². The van der Waals surface area contributed by atoms with Crippen molar-refractivity contribution >= 4 is 5.82 Å². The van der Waals surface area contributed by atoms with Gasteiger partial charge in [-0.25, -0.2) is 9.37 Å². The van der Waals surface area contributed by atoms with Crippen LogP contribution in [-0.4, -0.2) is 32.2 Å². The molecule has 4 heteroatoms. The largest absolute Gasteiger partial charge is 0.357 e. The molecular weight excluding hydrogens is 181 g/mol. The molecule has 1 aromatic rings. The first-order valence-corrected chi connectivity index (χ1v) is 4.72. The van der Waals surface area contributed by atoms with Crippen LogP contribution in [-0.2, 0) is 0 Å². The molecule has 0 spiro atoms. The zero-order valence-electron chi connectivity index (χ0n) is 8.63. The molecule has 0 fully saturated rings. The Kier molecular flexibility index (Phi) is 4.32. The average Bonchev–Trinajstić information content (AvgIpc) is 2.18. The van der Waals surface area contributed by atoms with Crippen LogP contribution in [0.15, 0.2) is 18.3 Å². The Morgan fingerprint density at radius 2 is 2.36 bits per heavy atom. The summed E-state index contributed by atoms with van der Waals surface area (Å²) in [6, 6.07) is 3.02. The highest BCUT2D eigenvalue weighted by Gasteiger charge is 2.06. The third-order valence-electron chi connectivity index (χ3n) is 2.02. The minimum Gasteiger partial charge on any atom is -0.357 e. The second-order valence-electron chi connectivity index (χ2n) is 3.19. The summed E-state index contributed by atoms with van der Waals surface area (Å²) in [6.45, 7) is 1.73. The fourth-order valence-electron chi connectivity index (χ4n) is 1.26. The molecule has 0 aliphatic rings. The molecule has 14 heavy (non-hydrogen) atoms. The number of nitrogens with zero attached hydrogens (tertiary/aromatic N) is 2. The molecule has 78 valence electrons. The van der Waals surface area contributed by atoms with E-state index in [9.17, 15) is 4.39 Å². The number of hydrogen-bond acceptors (Lipinski definition) is 3. The molecule has 0 radical (unpaired) electrons. The number of aromatic nitrogens is 1. The summed E-state index contributed by atoms with van der Waals surface area (Å²) in [5.74, 6) is 0.156. The molecule has 0 aliphatic carbocycles. The Balaban J connectivity index is 2.51. The van der Waals surface area contributed by atoms with E-state index in [1.54, 1.807) is 12.3 Å². The van der Waals surface area contributed by atoms with Crippen LogP contribution in [0.2, 0.25) is 0 Å². The van der Waals surface area contributed by atoms with Crippen molar-refractivity contribution in [2.24, 2.45) is 0 Å². The van der Waals surface area contributed by atoms with Crippen molar-refractivity contribution in [2.75, 3.05) is 32.1 Å². The first kappa shape index (κ1) is 10.9. The van der Waals surface area contributed by atoms with Gasteiger partial charge in [0.05, 0.1) is 0 Å². The number of rotatable bonds is 5. The van der Waals surface area contributed by atoms with E-state index in [2.05, 4.69) is 10.3 Å². The van der Waals surface area contributed by atoms with E-state index >= 15 is 0 Å². The number of anilines is 1. The van der Waals surface area contributed by atoms with Crippen LogP contribution in [0.25, 0.3) is 0 Å². The molecule has 3 nitrogen and oxygen atoms in total. The van der Waals surface area contributed by atoms with E-state index in [0.29, 0.717) is 5.82 Å². The first-order chi connectivity index (χ1) is 6.75. The van der Waals surface area contributed by atoms with Gasteiger partial charge in [-0.15, -0.1) is 0 Å². The fourth-order valence-corrected chi connectivity index (χ4v) is 1.26. The maximum Gasteiger partial charge on any atom is 0.165 e. The number of nitrogens with one attached hydrogen (secondary N) is 1. The zero-order chi connectivity index (χ0) is 10.4. The van der Waals surface area contributed by atoms with Crippen LogP contribution < -0.4 is 10.2 Å². The monoisotopic (exact) mass is 197 g/mol. The second kappa shape index (κ2) is 5.54. The lowest BCUT2D eigenvalue weighted by Crippen LogP contribution is -2.23. The molecule has 0 atom stereocenters. The van der Waals surface area contributed by atoms with Crippen molar-refractivity contribution in [3.63, 3.8) is 0 Å². The molecule has 1 heterocycles. The third kappa shape index (κ3) is 2.96. The molecular formula is C10H16FN3. The molecule has 1 aromatic heterocycles. The molecule has 0 saturated carbocycles. The van der Waals surface area contributed by atoms with Crippen molar-refractivity contribution in [3.8, 4) is 0 Å². The predicted octanol–water partition coefficient (Wildman–Crippen LogP) is 1.27. The van der Waals surface area contributed by atoms with E-state index < -0.39 is 0 Å². The Morgan fingerprint density at radius 1 is 1.57 bits per heavy atom. The van der Waals surface area contributed by atoms with Gasteiger partial charge in [-0.3, -0.25) is 0 Å². The average molecular weight is 197 g/mol. The van der Waals surface area contributed by atoms with Crippen LogP contribution in [0.1, 0.15) is 6.42 Å². The van der Waals surface area contributed by atoms with Gasteiger partial charge in [0.1, 0.15) is 0 Å². The van der Waals surface area contributed by atoms with Gasteiger partial charge < -0.3 is 10.2 Å². The van der Waals surface area contributed by atoms with Crippen LogP contribution in [0, 0.1) is 5.82 Å². The van der Waals surface area contributed by atoms with Crippen LogP contribution >= 0.6 is 0 Å². The molecule has 1 rings (SSSR count). The predicted molar refractivity (Wildman–Crippen MR) is 56.0 cm³/mol. The maximum absolute atomic E-state index is 13.2. The Bertz CT molecular complexity index is 278. The standard InChI is InChI=1S/C10H16FN3/c1-12-6-4-8-14(2)10-9(11)5-3-7-13-10/h3,5,7,12H,4,6,8H2,1-2H3.